The molecule has 82 valence electrons. The van der Waals surface area contributed by atoms with Crippen LogP contribution >= 0.6 is 0 Å². The van der Waals surface area contributed by atoms with Crippen molar-refractivity contribution in [2.75, 3.05) is 12.8 Å². The summed E-state index contributed by atoms with van der Waals surface area (Å²) in [7, 11) is 1.85. The molecule has 15 heavy (non-hydrogen) atoms. The van der Waals surface area contributed by atoms with Crippen molar-refractivity contribution in [3.05, 3.63) is 11.8 Å². The maximum Gasteiger partial charge on any atom is 0.219 e. The van der Waals surface area contributed by atoms with Crippen molar-refractivity contribution in [3.8, 4) is 0 Å². The van der Waals surface area contributed by atoms with E-state index in [0.29, 0.717) is 17.8 Å². The summed E-state index contributed by atoms with van der Waals surface area (Å²) in [6.45, 7) is 1.60. The zero-order chi connectivity index (χ0) is 11.0. The zero-order valence-electron chi connectivity index (χ0n) is 9.03. The lowest BCUT2D eigenvalue weighted by Gasteiger charge is -2.40. The first-order valence-corrected chi connectivity index (χ1v) is 5.12. The van der Waals surface area contributed by atoms with E-state index in [-0.39, 0.29) is 5.91 Å². The third kappa shape index (κ3) is 1.82. The summed E-state index contributed by atoms with van der Waals surface area (Å²) in [5.74, 6) is 1.14. The Hall–Kier alpha value is -1.52. The molecule has 5 nitrogen and oxygen atoms in total. The van der Waals surface area contributed by atoms with Gasteiger partial charge in [-0.15, -0.1) is 0 Å². The molecule has 1 fully saturated rings. The highest BCUT2D eigenvalue weighted by Crippen LogP contribution is 2.38. The van der Waals surface area contributed by atoms with Gasteiger partial charge in [0.1, 0.15) is 5.82 Å². The highest BCUT2D eigenvalue weighted by atomic mass is 16.2. The number of hydrogen-bond acceptors (Lipinski definition) is 3. The lowest BCUT2D eigenvalue weighted by Crippen LogP contribution is -2.43. The fourth-order valence-electron chi connectivity index (χ4n) is 1.98. The van der Waals surface area contributed by atoms with E-state index in [4.69, 9.17) is 5.73 Å². The number of anilines is 1. The van der Waals surface area contributed by atoms with Gasteiger partial charge in [0, 0.05) is 37.7 Å². The molecule has 1 heterocycles. The van der Waals surface area contributed by atoms with Crippen molar-refractivity contribution in [1.82, 2.24) is 15.1 Å². The van der Waals surface area contributed by atoms with Crippen molar-refractivity contribution in [1.29, 1.82) is 0 Å². The molecular weight excluding hydrogens is 192 g/mol. The molecule has 0 atom stereocenters. The second-order valence-corrected chi connectivity index (χ2v) is 4.20. The van der Waals surface area contributed by atoms with E-state index in [1.54, 1.807) is 11.8 Å². The number of rotatable bonds is 2. The Morgan fingerprint density at radius 1 is 1.67 bits per heavy atom. The Kier molecular flexibility index (Phi) is 2.38. The van der Waals surface area contributed by atoms with Crippen LogP contribution in [0.15, 0.2) is 6.07 Å². The number of amides is 1. The van der Waals surface area contributed by atoms with Crippen LogP contribution < -0.4 is 5.73 Å². The number of hydrogen-bond donors (Lipinski definition) is 2. The van der Waals surface area contributed by atoms with Crippen molar-refractivity contribution >= 4 is 11.7 Å². The molecule has 0 aromatic carbocycles. The number of nitrogens with one attached hydrogen (secondary N) is 1. The van der Waals surface area contributed by atoms with Gasteiger partial charge in [0.05, 0.1) is 0 Å². The quantitative estimate of drug-likeness (QED) is 0.751. The van der Waals surface area contributed by atoms with Crippen LogP contribution in [-0.4, -0.2) is 34.1 Å². The van der Waals surface area contributed by atoms with Crippen LogP contribution in [0.2, 0.25) is 0 Å². The first kappa shape index (κ1) is 10.0. The number of aromatic nitrogens is 2. The first-order chi connectivity index (χ1) is 7.08. The highest BCUT2D eigenvalue weighted by molar-refractivity contribution is 5.73. The molecule has 0 bridgehead atoms. The molecule has 1 aliphatic carbocycles. The number of nitrogen functional groups attached to an aromatic ring is 1. The molecule has 1 amide bonds. The van der Waals surface area contributed by atoms with Crippen LogP contribution in [-0.2, 0) is 4.79 Å². The minimum Gasteiger partial charge on any atom is -0.382 e. The van der Waals surface area contributed by atoms with E-state index in [1.807, 2.05) is 13.1 Å². The SMILES string of the molecule is CC(=O)N(C)[C@H]1C[C@@H](c2cc(N)n[nH]2)C1. The third-order valence-corrected chi connectivity index (χ3v) is 3.21. The smallest absolute Gasteiger partial charge is 0.219 e. The maximum atomic E-state index is 11.1. The molecular formula is C10H16N4O. The van der Waals surface area contributed by atoms with Gasteiger partial charge in [-0.05, 0) is 12.8 Å². The van der Waals surface area contributed by atoms with Crippen LogP contribution in [0.5, 0.6) is 0 Å². The monoisotopic (exact) mass is 208 g/mol. The fraction of sp³-hybridized carbons (Fsp3) is 0.600. The van der Waals surface area contributed by atoms with Gasteiger partial charge in [0.25, 0.3) is 0 Å². The van der Waals surface area contributed by atoms with Gasteiger partial charge in [-0.3, -0.25) is 9.89 Å². The molecule has 0 saturated heterocycles. The molecule has 1 saturated carbocycles. The van der Waals surface area contributed by atoms with Crippen LogP contribution in [0.1, 0.15) is 31.4 Å². The van der Waals surface area contributed by atoms with Crippen molar-refractivity contribution in [2.45, 2.75) is 31.7 Å². The second-order valence-electron chi connectivity index (χ2n) is 4.20. The average Bonchev–Trinajstić information content (AvgIpc) is 2.49. The predicted molar refractivity (Wildman–Crippen MR) is 57.2 cm³/mol. The Morgan fingerprint density at radius 3 is 2.80 bits per heavy atom. The van der Waals surface area contributed by atoms with Crippen LogP contribution in [0.3, 0.4) is 0 Å². The Bertz CT molecular complexity index is 367. The summed E-state index contributed by atoms with van der Waals surface area (Å²) in [6.07, 6.45) is 2.00. The number of H-pyrrole nitrogens is 1. The molecule has 3 N–H and O–H groups in total. The topological polar surface area (TPSA) is 75.0 Å². The minimum atomic E-state index is 0.127. The van der Waals surface area contributed by atoms with Crippen molar-refractivity contribution in [3.63, 3.8) is 0 Å². The van der Waals surface area contributed by atoms with Crippen LogP contribution in [0.25, 0.3) is 0 Å². The minimum absolute atomic E-state index is 0.127. The average molecular weight is 208 g/mol. The number of carbonyl (C=O) groups excluding carboxylic acids is 1. The van der Waals surface area contributed by atoms with Crippen LogP contribution in [0.4, 0.5) is 5.82 Å². The molecule has 0 radical (unpaired) electrons. The molecule has 1 aromatic rings. The standard InChI is InChI=1S/C10H16N4O/c1-6(15)14(2)8-3-7(4-8)9-5-10(11)13-12-9/h5,7-8H,3-4H2,1-2H3,(H3,11,12,13)/t7-,8+. The first-order valence-electron chi connectivity index (χ1n) is 5.12. The summed E-state index contributed by atoms with van der Waals surface area (Å²) >= 11 is 0. The van der Waals surface area contributed by atoms with Crippen molar-refractivity contribution in [2.24, 2.45) is 0 Å². The third-order valence-electron chi connectivity index (χ3n) is 3.21. The number of aromatic amines is 1. The van der Waals surface area contributed by atoms with Gasteiger partial charge >= 0.3 is 0 Å². The molecule has 1 aliphatic rings. The number of nitrogens with zero attached hydrogens (tertiary/aromatic N) is 2. The molecule has 2 rings (SSSR count). The van der Waals surface area contributed by atoms with E-state index < -0.39 is 0 Å². The zero-order valence-corrected chi connectivity index (χ0v) is 9.03. The van der Waals surface area contributed by atoms with E-state index in [2.05, 4.69) is 10.2 Å². The Balaban J connectivity index is 1.91. The molecule has 0 unspecified atom stereocenters. The van der Waals surface area contributed by atoms with E-state index in [0.717, 1.165) is 18.5 Å². The predicted octanol–water partition coefficient (Wildman–Crippen LogP) is 0.716. The van der Waals surface area contributed by atoms with Gasteiger partial charge in [-0.25, -0.2) is 0 Å². The number of nitrogens with two attached hydrogens (primary N) is 1. The number of carbonyl (C=O) groups is 1. The van der Waals surface area contributed by atoms with Gasteiger partial charge in [0.15, 0.2) is 0 Å². The van der Waals surface area contributed by atoms with Crippen LogP contribution in [0, 0.1) is 0 Å². The highest BCUT2D eigenvalue weighted by Gasteiger charge is 2.34. The maximum absolute atomic E-state index is 11.1. The van der Waals surface area contributed by atoms with Gasteiger partial charge in [0.2, 0.25) is 5.91 Å². The molecule has 0 aliphatic heterocycles. The molecule has 0 spiro atoms. The summed E-state index contributed by atoms with van der Waals surface area (Å²) in [5.41, 5.74) is 6.61. The lowest BCUT2D eigenvalue weighted by atomic mass is 9.77. The van der Waals surface area contributed by atoms with Gasteiger partial charge < -0.3 is 10.6 Å². The summed E-state index contributed by atoms with van der Waals surface area (Å²) in [5, 5.41) is 6.81. The van der Waals surface area contributed by atoms with E-state index in [1.165, 1.54) is 0 Å². The largest absolute Gasteiger partial charge is 0.382 e. The van der Waals surface area contributed by atoms with Crippen molar-refractivity contribution < 1.29 is 4.79 Å². The lowest BCUT2D eigenvalue weighted by molar-refractivity contribution is -0.131. The Labute approximate surface area is 88.6 Å². The fourth-order valence-corrected chi connectivity index (χ4v) is 1.98. The molecule has 5 heteroatoms. The normalized spacial score (nSPS) is 24.7. The summed E-state index contributed by atoms with van der Waals surface area (Å²) in [6, 6.07) is 2.24. The summed E-state index contributed by atoms with van der Waals surface area (Å²) < 4.78 is 0. The Morgan fingerprint density at radius 2 is 2.33 bits per heavy atom. The van der Waals surface area contributed by atoms with Gasteiger partial charge in [-0.1, -0.05) is 0 Å². The molecule has 1 aromatic heterocycles. The summed E-state index contributed by atoms with van der Waals surface area (Å²) in [4.78, 5) is 12.9. The van der Waals surface area contributed by atoms with E-state index in [9.17, 15) is 4.79 Å². The van der Waals surface area contributed by atoms with Gasteiger partial charge in [-0.2, -0.15) is 5.10 Å². The second kappa shape index (κ2) is 3.56. The van der Waals surface area contributed by atoms with E-state index >= 15 is 0 Å².